The molecule has 1 saturated carbocycles. The monoisotopic (exact) mass is 311 g/mol. The van der Waals surface area contributed by atoms with Crippen LogP contribution < -0.4 is 0 Å². The number of pyridine rings is 1. The summed E-state index contributed by atoms with van der Waals surface area (Å²) in [7, 11) is 0. The van der Waals surface area contributed by atoms with Gasteiger partial charge in [-0.2, -0.15) is 5.10 Å². The molecule has 0 amide bonds. The summed E-state index contributed by atoms with van der Waals surface area (Å²) >= 11 is 0. The van der Waals surface area contributed by atoms with Gasteiger partial charge in [0, 0.05) is 24.0 Å². The van der Waals surface area contributed by atoms with Crippen LogP contribution in [-0.2, 0) is 9.53 Å². The minimum atomic E-state index is -0.487. The van der Waals surface area contributed by atoms with Crippen LogP contribution in [0.25, 0.3) is 17.3 Å². The van der Waals surface area contributed by atoms with Gasteiger partial charge in [-0.3, -0.25) is 9.67 Å². The predicted octanol–water partition coefficient (Wildman–Crippen LogP) is 3.63. The summed E-state index contributed by atoms with van der Waals surface area (Å²) in [5.74, 6) is -0.369. The average molecular weight is 311 g/mol. The maximum absolute atomic E-state index is 11.6. The Morgan fingerprint density at radius 1 is 1.30 bits per heavy atom. The predicted molar refractivity (Wildman–Crippen MR) is 88.6 cm³/mol. The molecule has 0 N–H and O–H groups in total. The molecule has 5 heteroatoms. The largest absolute Gasteiger partial charge is 0.457 e. The molecule has 1 aliphatic carbocycles. The number of aromatic nitrogens is 3. The Hall–Kier alpha value is -2.43. The van der Waals surface area contributed by atoms with Crippen molar-refractivity contribution in [2.24, 2.45) is 0 Å². The van der Waals surface area contributed by atoms with E-state index in [0.717, 1.165) is 11.3 Å². The Bertz CT molecular complexity index is 719. The van der Waals surface area contributed by atoms with Crippen LogP contribution in [0, 0.1) is 0 Å². The number of carbonyl (C=O) groups excluding carboxylic acids is 1. The van der Waals surface area contributed by atoms with Crippen LogP contribution in [0.1, 0.15) is 45.3 Å². The van der Waals surface area contributed by atoms with Crippen LogP contribution in [0.2, 0.25) is 0 Å². The summed E-state index contributed by atoms with van der Waals surface area (Å²) < 4.78 is 7.24. The third-order valence-corrected chi connectivity index (χ3v) is 3.41. The van der Waals surface area contributed by atoms with E-state index in [1.165, 1.54) is 18.9 Å². The molecule has 0 spiro atoms. The molecule has 2 heterocycles. The summed E-state index contributed by atoms with van der Waals surface area (Å²) in [4.78, 5) is 16.0. The van der Waals surface area contributed by atoms with E-state index < -0.39 is 5.60 Å². The molecular weight excluding hydrogens is 290 g/mol. The lowest BCUT2D eigenvalue weighted by Crippen LogP contribution is -2.22. The smallest absolute Gasteiger partial charge is 0.331 e. The highest BCUT2D eigenvalue weighted by Gasteiger charge is 2.24. The van der Waals surface area contributed by atoms with Crippen LogP contribution in [0.3, 0.4) is 0 Å². The summed E-state index contributed by atoms with van der Waals surface area (Å²) in [5.41, 5.74) is 2.12. The molecule has 3 rings (SSSR count). The Balaban J connectivity index is 1.65. The number of rotatable bonds is 4. The van der Waals surface area contributed by atoms with E-state index in [1.54, 1.807) is 12.3 Å². The second kappa shape index (κ2) is 5.99. The highest BCUT2D eigenvalue weighted by molar-refractivity contribution is 5.87. The Kier molecular flexibility index (Phi) is 4.03. The zero-order chi connectivity index (χ0) is 16.4. The third kappa shape index (κ3) is 4.28. The summed E-state index contributed by atoms with van der Waals surface area (Å²) in [6.45, 7) is 5.52. The molecule has 2 aromatic rings. The number of hydrogen-bond donors (Lipinski definition) is 0. The van der Waals surface area contributed by atoms with E-state index in [2.05, 4.69) is 10.1 Å². The van der Waals surface area contributed by atoms with E-state index in [0.29, 0.717) is 11.7 Å². The van der Waals surface area contributed by atoms with E-state index in [1.807, 2.05) is 49.8 Å². The van der Waals surface area contributed by atoms with Crippen LogP contribution >= 0.6 is 0 Å². The van der Waals surface area contributed by atoms with Crippen molar-refractivity contribution in [3.8, 4) is 11.3 Å². The van der Waals surface area contributed by atoms with E-state index in [-0.39, 0.29) is 5.97 Å². The molecule has 2 aromatic heterocycles. The lowest BCUT2D eigenvalue weighted by molar-refractivity contribution is -0.148. The molecule has 0 aliphatic heterocycles. The molecule has 0 unspecified atom stereocenters. The van der Waals surface area contributed by atoms with Crippen LogP contribution in [0.5, 0.6) is 0 Å². The third-order valence-electron chi connectivity index (χ3n) is 3.41. The van der Waals surface area contributed by atoms with Gasteiger partial charge in [-0.15, -0.1) is 0 Å². The first-order valence-corrected chi connectivity index (χ1v) is 7.83. The maximum Gasteiger partial charge on any atom is 0.331 e. The standard InChI is InChI=1S/C18H21N3O2/c1-18(2,3)23-17(22)9-6-14-5-4-13(12-19-14)16-10-11-21(20-16)15-7-8-15/h4-6,9-12,15H,7-8H2,1-3H3. The van der Waals surface area contributed by atoms with Crippen molar-refractivity contribution in [2.45, 2.75) is 45.3 Å². The number of carbonyl (C=O) groups is 1. The van der Waals surface area contributed by atoms with Crippen molar-refractivity contribution >= 4 is 12.0 Å². The molecule has 0 saturated heterocycles. The normalized spacial score (nSPS) is 15.1. The molecule has 0 bridgehead atoms. The van der Waals surface area contributed by atoms with Crippen LogP contribution in [0.4, 0.5) is 0 Å². The minimum absolute atomic E-state index is 0.369. The lowest BCUT2D eigenvalue weighted by atomic mass is 10.2. The van der Waals surface area contributed by atoms with Crippen molar-refractivity contribution in [3.63, 3.8) is 0 Å². The molecule has 0 atom stereocenters. The fourth-order valence-electron chi connectivity index (χ4n) is 2.18. The quantitative estimate of drug-likeness (QED) is 0.639. The highest BCUT2D eigenvalue weighted by Crippen LogP contribution is 2.34. The van der Waals surface area contributed by atoms with Crippen LogP contribution in [0.15, 0.2) is 36.7 Å². The fourth-order valence-corrected chi connectivity index (χ4v) is 2.18. The van der Waals surface area contributed by atoms with E-state index >= 15 is 0 Å². The molecule has 23 heavy (non-hydrogen) atoms. The second-order valence-corrected chi connectivity index (χ2v) is 6.75. The van der Waals surface area contributed by atoms with Crippen molar-refractivity contribution in [3.05, 3.63) is 42.4 Å². The maximum atomic E-state index is 11.6. The summed E-state index contributed by atoms with van der Waals surface area (Å²) in [6, 6.07) is 6.41. The molecule has 0 aromatic carbocycles. The lowest BCUT2D eigenvalue weighted by Gasteiger charge is -2.17. The number of hydrogen-bond acceptors (Lipinski definition) is 4. The first kappa shape index (κ1) is 15.5. The zero-order valence-corrected chi connectivity index (χ0v) is 13.7. The molecule has 5 nitrogen and oxygen atoms in total. The topological polar surface area (TPSA) is 57.0 Å². The minimum Gasteiger partial charge on any atom is -0.457 e. The van der Waals surface area contributed by atoms with Crippen LogP contribution in [-0.4, -0.2) is 26.3 Å². The highest BCUT2D eigenvalue weighted by atomic mass is 16.6. The molecule has 120 valence electrons. The summed E-state index contributed by atoms with van der Waals surface area (Å²) in [6.07, 6.45) is 9.27. The zero-order valence-electron chi connectivity index (χ0n) is 13.7. The van der Waals surface area contributed by atoms with Gasteiger partial charge in [0.2, 0.25) is 0 Å². The number of nitrogens with zero attached hydrogens (tertiary/aromatic N) is 3. The van der Waals surface area contributed by atoms with Crippen molar-refractivity contribution < 1.29 is 9.53 Å². The van der Waals surface area contributed by atoms with Gasteiger partial charge in [-0.1, -0.05) is 0 Å². The SMILES string of the molecule is CC(C)(C)OC(=O)C=Cc1ccc(-c2ccn(C3CC3)n2)cn1. The van der Waals surface area contributed by atoms with Crippen molar-refractivity contribution in [2.75, 3.05) is 0 Å². The Morgan fingerprint density at radius 2 is 2.09 bits per heavy atom. The van der Waals surface area contributed by atoms with Gasteiger partial charge in [0.25, 0.3) is 0 Å². The van der Waals surface area contributed by atoms with Gasteiger partial charge in [0.15, 0.2) is 0 Å². The van der Waals surface area contributed by atoms with E-state index in [4.69, 9.17) is 4.74 Å². The molecular formula is C18H21N3O2. The Labute approximate surface area is 136 Å². The molecule has 1 aliphatic rings. The van der Waals surface area contributed by atoms with Gasteiger partial charge in [-0.25, -0.2) is 4.79 Å². The fraction of sp³-hybridized carbons (Fsp3) is 0.389. The van der Waals surface area contributed by atoms with E-state index in [9.17, 15) is 4.79 Å². The summed E-state index contributed by atoms with van der Waals surface area (Å²) in [5, 5.41) is 4.57. The van der Waals surface area contributed by atoms with Gasteiger partial charge in [-0.05, 0) is 57.9 Å². The van der Waals surface area contributed by atoms with Gasteiger partial charge in [0.1, 0.15) is 5.60 Å². The first-order chi connectivity index (χ1) is 10.9. The molecule has 0 radical (unpaired) electrons. The first-order valence-electron chi connectivity index (χ1n) is 7.83. The van der Waals surface area contributed by atoms with Gasteiger partial charge in [0.05, 0.1) is 17.4 Å². The van der Waals surface area contributed by atoms with Gasteiger partial charge < -0.3 is 4.74 Å². The molecule has 1 fully saturated rings. The van der Waals surface area contributed by atoms with Crippen molar-refractivity contribution in [1.29, 1.82) is 0 Å². The number of esters is 1. The second-order valence-electron chi connectivity index (χ2n) is 6.75. The van der Waals surface area contributed by atoms with Gasteiger partial charge >= 0.3 is 5.97 Å². The number of ether oxygens (including phenoxy) is 1. The van der Waals surface area contributed by atoms with Crippen molar-refractivity contribution in [1.82, 2.24) is 14.8 Å². The Morgan fingerprint density at radius 3 is 2.70 bits per heavy atom. The average Bonchev–Trinajstić information content (AvgIpc) is 3.22.